The molecule has 1 aromatic heterocycles. The molecule has 1 N–H and O–H groups in total. The van der Waals surface area contributed by atoms with Crippen LogP contribution in [0.25, 0.3) is 5.69 Å². The highest BCUT2D eigenvalue weighted by atomic mass is 32.2. The van der Waals surface area contributed by atoms with Crippen molar-refractivity contribution in [3.63, 3.8) is 0 Å². The summed E-state index contributed by atoms with van der Waals surface area (Å²) >= 11 is 1.40. The van der Waals surface area contributed by atoms with Crippen molar-refractivity contribution in [2.45, 2.75) is 38.9 Å². The third-order valence-corrected chi connectivity index (χ3v) is 3.86. The average molecular weight is 304 g/mol. The van der Waals surface area contributed by atoms with Gasteiger partial charge in [-0.3, -0.25) is 9.36 Å². The molecule has 0 aliphatic carbocycles. The molecule has 2 aromatic rings. The minimum Gasteiger partial charge on any atom is -0.353 e. The number of nitrogens with one attached hydrogen (secondary N) is 1. The van der Waals surface area contributed by atoms with Gasteiger partial charge in [0.2, 0.25) is 5.91 Å². The highest BCUT2D eigenvalue weighted by molar-refractivity contribution is 7.99. The number of hydrogen-bond donors (Lipinski definition) is 1. The second-order valence-electron chi connectivity index (χ2n) is 5.16. The summed E-state index contributed by atoms with van der Waals surface area (Å²) in [6, 6.07) is 8.22. The lowest BCUT2D eigenvalue weighted by Crippen LogP contribution is -2.31. The molecule has 2 rings (SSSR count). The summed E-state index contributed by atoms with van der Waals surface area (Å²) < 4.78 is 1.99. The van der Waals surface area contributed by atoms with Crippen LogP contribution >= 0.6 is 11.8 Å². The maximum atomic E-state index is 11.8. The summed E-state index contributed by atoms with van der Waals surface area (Å²) in [5.41, 5.74) is 2.20. The Kier molecular flexibility index (Phi) is 5.01. The van der Waals surface area contributed by atoms with E-state index in [0.717, 1.165) is 22.2 Å². The van der Waals surface area contributed by atoms with E-state index in [2.05, 4.69) is 28.5 Å². The molecule has 21 heavy (non-hydrogen) atoms. The topological polar surface area (TPSA) is 59.8 Å². The molecule has 0 fully saturated rings. The second-order valence-corrected chi connectivity index (χ2v) is 6.11. The van der Waals surface area contributed by atoms with Crippen LogP contribution in [0.5, 0.6) is 0 Å². The number of thioether (sulfide) groups is 1. The second kappa shape index (κ2) is 6.76. The van der Waals surface area contributed by atoms with Crippen LogP contribution in [0.4, 0.5) is 0 Å². The Morgan fingerprint density at radius 3 is 2.67 bits per heavy atom. The molecule has 0 spiro atoms. The van der Waals surface area contributed by atoms with Crippen LogP contribution in [0.2, 0.25) is 0 Å². The van der Waals surface area contributed by atoms with Crippen LogP contribution in [0.1, 0.15) is 25.2 Å². The van der Waals surface area contributed by atoms with Gasteiger partial charge in [0, 0.05) is 6.04 Å². The number of aromatic nitrogens is 3. The molecular weight excluding hydrogens is 284 g/mol. The normalized spacial score (nSPS) is 10.9. The third kappa shape index (κ3) is 3.85. The quantitative estimate of drug-likeness (QED) is 0.862. The van der Waals surface area contributed by atoms with Crippen molar-refractivity contribution in [2.75, 3.05) is 5.75 Å². The molecule has 0 bridgehead atoms. The van der Waals surface area contributed by atoms with E-state index in [9.17, 15) is 4.79 Å². The van der Waals surface area contributed by atoms with Gasteiger partial charge < -0.3 is 5.32 Å². The van der Waals surface area contributed by atoms with Crippen LogP contribution in [-0.2, 0) is 4.79 Å². The number of nitrogens with zero attached hydrogens (tertiary/aromatic N) is 3. The summed E-state index contributed by atoms with van der Waals surface area (Å²) in [5.74, 6) is 1.16. The van der Waals surface area contributed by atoms with E-state index in [4.69, 9.17) is 0 Å². The number of benzene rings is 1. The first kappa shape index (κ1) is 15.6. The van der Waals surface area contributed by atoms with Crippen LogP contribution in [0.3, 0.4) is 0 Å². The Morgan fingerprint density at radius 1 is 1.29 bits per heavy atom. The summed E-state index contributed by atoms with van der Waals surface area (Å²) in [7, 11) is 0. The average Bonchev–Trinajstić information content (AvgIpc) is 2.77. The number of carbonyl (C=O) groups excluding carboxylic acids is 1. The predicted octanol–water partition coefficient (Wildman–Crippen LogP) is 2.50. The third-order valence-electron chi connectivity index (χ3n) is 2.93. The zero-order valence-corrected chi connectivity index (χ0v) is 13.6. The Balaban J connectivity index is 2.19. The molecule has 112 valence electrons. The van der Waals surface area contributed by atoms with Gasteiger partial charge in [0.15, 0.2) is 5.16 Å². The Hall–Kier alpha value is -1.82. The fraction of sp³-hybridized carbons (Fsp3) is 0.400. The van der Waals surface area contributed by atoms with Gasteiger partial charge in [0.05, 0.1) is 11.4 Å². The SMILES string of the molecule is Cc1ccccc1-n1c(C)nnc1SCC(=O)NC(C)C. The van der Waals surface area contributed by atoms with E-state index >= 15 is 0 Å². The molecular formula is C15H20N4OS. The first-order chi connectivity index (χ1) is 9.99. The van der Waals surface area contributed by atoms with Crippen LogP contribution in [0.15, 0.2) is 29.4 Å². The van der Waals surface area contributed by atoms with Gasteiger partial charge in [-0.05, 0) is 39.3 Å². The molecule has 6 heteroatoms. The summed E-state index contributed by atoms with van der Waals surface area (Å²) in [5, 5.41) is 11.9. The number of rotatable bonds is 5. The van der Waals surface area contributed by atoms with Crippen molar-refractivity contribution < 1.29 is 4.79 Å². The number of para-hydroxylation sites is 1. The Bertz CT molecular complexity index is 636. The van der Waals surface area contributed by atoms with E-state index in [0.29, 0.717) is 5.75 Å². The minimum absolute atomic E-state index is 0.00647. The van der Waals surface area contributed by atoms with Gasteiger partial charge in [0.1, 0.15) is 5.82 Å². The zero-order valence-electron chi connectivity index (χ0n) is 12.8. The molecule has 5 nitrogen and oxygen atoms in total. The van der Waals surface area contributed by atoms with Gasteiger partial charge in [-0.1, -0.05) is 30.0 Å². The fourth-order valence-electron chi connectivity index (χ4n) is 2.02. The van der Waals surface area contributed by atoms with Crippen molar-refractivity contribution in [1.29, 1.82) is 0 Å². The molecule has 0 aliphatic rings. The molecule has 0 radical (unpaired) electrons. The van der Waals surface area contributed by atoms with Crippen LogP contribution < -0.4 is 5.32 Å². The van der Waals surface area contributed by atoms with Crippen LogP contribution in [-0.4, -0.2) is 32.5 Å². The number of aryl methyl sites for hydroxylation is 2. The standard InChI is InChI=1S/C15H20N4OS/c1-10(2)16-14(20)9-21-15-18-17-12(4)19(15)13-8-6-5-7-11(13)3/h5-8,10H,9H2,1-4H3,(H,16,20). The van der Waals surface area contributed by atoms with E-state index in [1.807, 2.05) is 43.5 Å². The molecule has 1 heterocycles. The number of carbonyl (C=O) groups is 1. The monoisotopic (exact) mass is 304 g/mol. The van der Waals surface area contributed by atoms with Gasteiger partial charge in [-0.25, -0.2) is 0 Å². The summed E-state index contributed by atoms with van der Waals surface area (Å²) in [6.07, 6.45) is 0. The highest BCUT2D eigenvalue weighted by Crippen LogP contribution is 2.23. The van der Waals surface area contributed by atoms with Crippen molar-refractivity contribution in [3.05, 3.63) is 35.7 Å². The van der Waals surface area contributed by atoms with Gasteiger partial charge >= 0.3 is 0 Å². The maximum absolute atomic E-state index is 11.8. The van der Waals surface area contributed by atoms with E-state index in [1.165, 1.54) is 11.8 Å². The van der Waals surface area contributed by atoms with Crippen molar-refractivity contribution >= 4 is 17.7 Å². The maximum Gasteiger partial charge on any atom is 0.230 e. The summed E-state index contributed by atoms with van der Waals surface area (Å²) in [4.78, 5) is 11.8. The van der Waals surface area contributed by atoms with Gasteiger partial charge in [-0.15, -0.1) is 10.2 Å². The van der Waals surface area contributed by atoms with Crippen molar-refractivity contribution in [2.24, 2.45) is 0 Å². The largest absolute Gasteiger partial charge is 0.353 e. The molecule has 0 saturated carbocycles. The summed E-state index contributed by atoms with van der Waals surface area (Å²) in [6.45, 7) is 7.86. The van der Waals surface area contributed by atoms with Gasteiger partial charge in [0.25, 0.3) is 0 Å². The molecule has 0 saturated heterocycles. The lowest BCUT2D eigenvalue weighted by Gasteiger charge is -2.11. The first-order valence-electron chi connectivity index (χ1n) is 6.89. The predicted molar refractivity (Wildman–Crippen MR) is 84.8 cm³/mol. The zero-order chi connectivity index (χ0) is 15.4. The van der Waals surface area contributed by atoms with E-state index in [-0.39, 0.29) is 11.9 Å². The lowest BCUT2D eigenvalue weighted by atomic mass is 10.2. The molecule has 0 unspecified atom stereocenters. The van der Waals surface area contributed by atoms with Crippen LogP contribution in [0, 0.1) is 13.8 Å². The molecule has 0 atom stereocenters. The van der Waals surface area contributed by atoms with E-state index < -0.39 is 0 Å². The highest BCUT2D eigenvalue weighted by Gasteiger charge is 2.14. The van der Waals surface area contributed by atoms with Crippen molar-refractivity contribution in [1.82, 2.24) is 20.1 Å². The molecule has 1 aromatic carbocycles. The lowest BCUT2D eigenvalue weighted by molar-refractivity contribution is -0.119. The van der Waals surface area contributed by atoms with Gasteiger partial charge in [-0.2, -0.15) is 0 Å². The van der Waals surface area contributed by atoms with E-state index in [1.54, 1.807) is 0 Å². The first-order valence-corrected chi connectivity index (χ1v) is 7.87. The fourth-order valence-corrected chi connectivity index (χ4v) is 2.82. The minimum atomic E-state index is 0.00647. The van der Waals surface area contributed by atoms with Crippen molar-refractivity contribution in [3.8, 4) is 5.69 Å². The Labute approximate surface area is 129 Å². The smallest absolute Gasteiger partial charge is 0.230 e. The number of hydrogen-bond acceptors (Lipinski definition) is 4. The number of amides is 1. The Morgan fingerprint density at radius 2 is 2.00 bits per heavy atom. The molecule has 0 aliphatic heterocycles. The molecule has 1 amide bonds.